The average molecular weight is 361 g/mol. The van der Waals surface area contributed by atoms with Crippen molar-refractivity contribution in [2.24, 2.45) is 5.92 Å². The van der Waals surface area contributed by atoms with Crippen LogP contribution in [0.5, 0.6) is 0 Å². The standard InChI is InChI=1S/C22H23N3O2/c1-25-20(26)13-18(21(25)15-7-3-2-4-8-15)22(27)23-12-11-16-14-24-19-10-6-5-9-17(16)19/h2-10,14,18,21,24H,11-13H2,1H3,(H,23,27)/t18-,21-/m1/s1. The van der Waals surface area contributed by atoms with E-state index in [1.54, 1.807) is 11.9 Å². The molecule has 0 saturated carbocycles. The predicted molar refractivity (Wildman–Crippen MR) is 105 cm³/mol. The Bertz CT molecular complexity index is 964. The Morgan fingerprint density at radius 3 is 2.70 bits per heavy atom. The van der Waals surface area contributed by atoms with Crippen molar-refractivity contribution in [3.05, 3.63) is 71.9 Å². The van der Waals surface area contributed by atoms with Gasteiger partial charge in [0.25, 0.3) is 0 Å². The van der Waals surface area contributed by atoms with Crippen molar-refractivity contribution >= 4 is 22.7 Å². The summed E-state index contributed by atoms with van der Waals surface area (Å²) < 4.78 is 0. The molecule has 1 fully saturated rings. The van der Waals surface area contributed by atoms with E-state index in [2.05, 4.69) is 16.4 Å². The van der Waals surface area contributed by atoms with Crippen LogP contribution in [0.15, 0.2) is 60.8 Å². The third-order valence-corrected chi connectivity index (χ3v) is 5.43. The Labute approximate surface area is 158 Å². The molecule has 2 amide bonds. The molecule has 0 bridgehead atoms. The van der Waals surface area contributed by atoms with Gasteiger partial charge in [0.05, 0.1) is 12.0 Å². The topological polar surface area (TPSA) is 65.2 Å². The molecule has 1 aromatic heterocycles. The summed E-state index contributed by atoms with van der Waals surface area (Å²) in [5.41, 5.74) is 3.29. The second-order valence-corrected chi connectivity index (χ2v) is 7.07. The first-order valence-electron chi connectivity index (χ1n) is 9.28. The monoisotopic (exact) mass is 361 g/mol. The number of H-pyrrole nitrogens is 1. The van der Waals surface area contributed by atoms with Gasteiger partial charge in [-0.1, -0.05) is 48.5 Å². The predicted octanol–water partition coefficient (Wildman–Crippen LogP) is 3.05. The van der Waals surface area contributed by atoms with Gasteiger partial charge >= 0.3 is 0 Å². The molecule has 1 aliphatic rings. The normalized spacial score (nSPS) is 19.6. The van der Waals surface area contributed by atoms with Crippen LogP contribution >= 0.6 is 0 Å². The smallest absolute Gasteiger partial charge is 0.226 e. The number of benzene rings is 2. The number of para-hydroxylation sites is 1. The zero-order chi connectivity index (χ0) is 18.8. The molecule has 1 aliphatic heterocycles. The van der Waals surface area contributed by atoms with E-state index in [-0.39, 0.29) is 30.2 Å². The maximum atomic E-state index is 12.8. The molecule has 138 valence electrons. The third kappa shape index (κ3) is 3.33. The number of nitrogens with zero attached hydrogens (tertiary/aromatic N) is 1. The summed E-state index contributed by atoms with van der Waals surface area (Å²) in [7, 11) is 1.78. The van der Waals surface area contributed by atoms with Crippen molar-refractivity contribution in [1.29, 1.82) is 0 Å². The van der Waals surface area contributed by atoms with E-state index >= 15 is 0 Å². The van der Waals surface area contributed by atoms with Crippen molar-refractivity contribution in [3.63, 3.8) is 0 Å². The second kappa shape index (κ2) is 7.27. The molecule has 2 atom stereocenters. The summed E-state index contributed by atoms with van der Waals surface area (Å²) in [6.07, 6.45) is 3.01. The Kier molecular flexibility index (Phi) is 4.67. The summed E-state index contributed by atoms with van der Waals surface area (Å²) in [5, 5.41) is 4.22. The lowest BCUT2D eigenvalue weighted by Crippen LogP contribution is -2.35. The van der Waals surface area contributed by atoms with Crippen molar-refractivity contribution in [1.82, 2.24) is 15.2 Å². The fourth-order valence-electron chi connectivity index (χ4n) is 4.00. The van der Waals surface area contributed by atoms with Crippen LogP contribution in [-0.2, 0) is 16.0 Å². The first-order chi connectivity index (χ1) is 13.1. The van der Waals surface area contributed by atoms with Gasteiger partial charge in [0.1, 0.15) is 0 Å². The minimum atomic E-state index is -0.354. The molecule has 3 aromatic rings. The third-order valence-electron chi connectivity index (χ3n) is 5.43. The van der Waals surface area contributed by atoms with Gasteiger partial charge in [0.2, 0.25) is 11.8 Å². The van der Waals surface area contributed by atoms with Crippen LogP contribution in [-0.4, -0.2) is 35.3 Å². The van der Waals surface area contributed by atoms with Crippen molar-refractivity contribution in [2.75, 3.05) is 13.6 Å². The molecule has 2 N–H and O–H groups in total. The highest BCUT2D eigenvalue weighted by molar-refractivity contribution is 5.90. The molecule has 5 nitrogen and oxygen atoms in total. The van der Waals surface area contributed by atoms with E-state index in [9.17, 15) is 9.59 Å². The minimum Gasteiger partial charge on any atom is -0.361 e. The number of hydrogen-bond acceptors (Lipinski definition) is 2. The SMILES string of the molecule is CN1C(=O)C[C@@H](C(=O)NCCc2c[nH]c3ccccc23)[C@H]1c1ccccc1. The van der Waals surface area contributed by atoms with Gasteiger partial charge < -0.3 is 15.2 Å². The molecule has 0 aliphatic carbocycles. The van der Waals surface area contributed by atoms with Gasteiger partial charge in [-0.3, -0.25) is 9.59 Å². The van der Waals surface area contributed by atoms with E-state index in [1.807, 2.05) is 54.7 Å². The number of likely N-dealkylation sites (tertiary alicyclic amines) is 1. The first kappa shape index (κ1) is 17.3. The summed E-state index contributed by atoms with van der Waals surface area (Å²) in [4.78, 5) is 30.0. The van der Waals surface area contributed by atoms with Crippen molar-refractivity contribution < 1.29 is 9.59 Å². The van der Waals surface area contributed by atoms with E-state index in [1.165, 1.54) is 10.9 Å². The quantitative estimate of drug-likeness (QED) is 0.734. The van der Waals surface area contributed by atoms with Gasteiger partial charge in [-0.2, -0.15) is 0 Å². The molecule has 1 saturated heterocycles. The van der Waals surface area contributed by atoms with Crippen molar-refractivity contribution in [2.45, 2.75) is 18.9 Å². The van der Waals surface area contributed by atoms with Crippen LogP contribution in [0.25, 0.3) is 10.9 Å². The van der Waals surface area contributed by atoms with E-state index < -0.39 is 0 Å². The number of fused-ring (bicyclic) bond motifs is 1. The lowest BCUT2D eigenvalue weighted by atomic mass is 9.93. The zero-order valence-corrected chi connectivity index (χ0v) is 15.3. The summed E-state index contributed by atoms with van der Waals surface area (Å²) >= 11 is 0. The molecular weight excluding hydrogens is 338 g/mol. The fraction of sp³-hybridized carbons (Fsp3) is 0.273. The maximum absolute atomic E-state index is 12.8. The molecule has 2 aromatic carbocycles. The number of hydrogen-bond donors (Lipinski definition) is 2. The lowest BCUT2D eigenvalue weighted by molar-refractivity contribution is -0.128. The van der Waals surface area contributed by atoms with E-state index in [0.717, 1.165) is 17.5 Å². The highest BCUT2D eigenvalue weighted by Gasteiger charge is 2.42. The Morgan fingerprint density at radius 2 is 1.89 bits per heavy atom. The Balaban J connectivity index is 1.43. The molecule has 0 spiro atoms. The summed E-state index contributed by atoms with van der Waals surface area (Å²) in [5.74, 6) is -0.394. The van der Waals surface area contributed by atoms with Crippen LogP contribution in [0.2, 0.25) is 0 Å². The number of nitrogens with one attached hydrogen (secondary N) is 2. The summed E-state index contributed by atoms with van der Waals surface area (Å²) in [6.45, 7) is 0.552. The number of amides is 2. The van der Waals surface area contributed by atoms with E-state index in [0.29, 0.717) is 6.54 Å². The van der Waals surface area contributed by atoms with Crippen LogP contribution in [0.1, 0.15) is 23.6 Å². The second-order valence-electron chi connectivity index (χ2n) is 7.07. The molecule has 0 unspecified atom stereocenters. The molecule has 27 heavy (non-hydrogen) atoms. The zero-order valence-electron chi connectivity index (χ0n) is 15.3. The largest absolute Gasteiger partial charge is 0.361 e. The van der Waals surface area contributed by atoms with Gasteiger partial charge in [0, 0.05) is 37.1 Å². The van der Waals surface area contributed by atoms with E-state index in [4.69, 9.17) is 0 Å². The van der Waals surface area contributed by atoms with Gasteiger partial charge in [0.15, 0.2) is 0 Å². The van der Waals surface area contributed by atoms with Crippen LogP contribution < -0.4 is 5.32 Å². The number of carbonyl (C=O) groups is 2. The number of aromatic amines is 1. The Morgan fingerprint density at radius 1 is 1.15 bits per heavy atom. The highest BCUT2D eigenvalue weighted by Crippen LogP contribution is 2.36. The molecule has 0 radical (unpaired) electrons. The molecule has 4 rings (SSSR count). The lowest BCUT2D eigenvalue weighted by Gasteiger charge is -2.24. The fourth-order valence-corrected chi connectivity index (χ4v) is 4.00. The molecular formula is C22H23N3O2. The minimum absolute atomic E-state index is 0.0145. The van der Waals surface area contributed by atoms with Crippen LogP contribution in [0.3, 0.4) is 0 Å². The van der Waals surface area contributed by atoms with Crippen molar-refractivity contribution in [3.8, 4) is 0 Å². The van der Waals surface area contributed by atoms with Gasteiger partial charge in [-0.25, -0.2) is 0 Å². The Hall–Kier alpha value is -3.08. The first-order valence-corrected chi connectivity index (χ1v) is 9.28. The number of aromatic nitrogens is 1. The summed E-state index contributed by atoms with van der Waals surface area (Å²) in [6, 6.07) is 17.7. The van der Waals surface area contributed by atoms with Crippen LogP contribution in [0.4, 0.5) is 0 Å². The molecule has 2 heterocycles. The number of carbonyl (C=O) groups excluding carboxylic acids is 2. The maximum Gasteiger partial charge on any atom is 0.226 e. The highest BCUT2D eigenvalue weighted by atomic mass is 16.2. The van der Waals surface area contributed by atoms with Crippen LogP contribution in [0, 0.1) is 5.92 Å². The number of rotatable bonds is 5. The van der Waals surface area contributed by atoms with Gasteiger partial charge in [-0.05, 0) is 23.6 Å². The average Bonchev–Trinajstić information content (AvgIpc) is 3.24. The molecule has 5 heteroatoms. The van der Waals surface area contributed by atoms with Gasteiger partial charge in [-0.15, -0.1) is 0 Å².